The summed E-state index contributed by atoms with van der Waals surface area (Å²) in [5.74, 6) is 0.127. The number of piperidine rings is 1. The maximum Gasteiger partial charge on any atom is 0.238 e. The zero-order chi connectivity index (χ0) is 18.9. The maximum absolute atomic E-state index is 13.1. The van der Waals surface area contributed by atoms with Crippen LogP contribution in [0.2, 0.25) is 0 Å². The van der Waals surface area contributed by atoms with E-state index in [-0.39, 0.29) is 17.2 Å². The van der Waals surface area contributed by atoms with E-state index in [9.17, 15) is 4.79 Å². The third-order valence-corrected chi connectivity index (χ3v) is 6.37. The molecule has 0 saturated carbocycles. The Balaban J connectivity index is 1.62. The first-order valence-electron chi connectivity index (χ1n) is 10.1. The van der Waals surface area contributed by atoms with Crippen molar-refractivity contribution in [2.45, 2.75) is 48.8 Å². The molecule has 1 atom stereocenters. The number of thioether (sulfide) groups is 1. The topological polar surface area (TPSA) is 32.3 Å². The van der Waals surface area contributed by atoms with Crippen LogP contribution in [-0.4, -0.2) is 36.5 Å². The minimum Gasteiger partial charge on any atom is -0.352 e. The largest absolute Gasteiger partial charge is 0.352 e. The van der Waals surface area contributed by atoms with Gasteiger partial charge in [-0.15, -0.1) is 11.8 Å². The number of rotatable bonds is 8. The molecule has 0 radical (unpaired) electrons. The molecule has 144 valence electrons. The summed E-state index contributed by atoms with van der Waals surface area (Å²) in [6.07, 6.45) is 4.60. The molecule has 27 heavy (non-hydrogen) atoms. The molecule has 0 spiro atoms. The minimum absolute atomic E-state index is 0.127. The van der Waals surface area contributed by atoms with Crippen LogP contribution >= 0.6 is 11.8 Å². The number of benzene rings is 2. The highest BCUT2D eigenvalue weighted by Crippen LogP contribution is 2.35. The van der Waals surface area contributed by atoms with Gasteiger partial charge in [0.15, 0.2) is 0 Å². The van der Waals surface area contributed by atoms with Gasteiger partial charge in [-0.1, -0.05) is 61.9 Å². The fourth-order valence-corrected chi connectivity index (χ4v) is 4.55. The van der Waals surface area contributed by atoms with Gasteiger partial charge < -0.3 is 10.2 Å². The van der Waals surface area contributed by atoms with Gasteiger partial charge in [-0.05, 0) is 43.5 Å². The number of carbonyl (C=O) groups is 1. The number of carbonyl (C=O) groups excluding carboxylic acids is 1. The van der Waals surface area contributed by atoms with E-state index in [2.05, 4.69) is 29.3 Å². The van der Waals surface area contributed by atoms with Crippen molar-refractivity contribution in [1.82, 2.24) is 10.2 Å². The SMILES string of the molecule is CCCCN1CCC(NC(=O)C(Sc2ccccc2)c2ccccc2)CC1. The van der Waals surface area contributed by atoms with Crippen molar-refractivity contribution in [3.63, 3.8) is 0 Å². The average molecular weight is 383 g/mol. The van der Waals surface area contributed by atoms with E-state index in [0.717, 1.165) is 36.4 Å². The Bertz CT molecular complexity index is 684. The number of nitrogens with zero attached hydrogens (tertiary/aromatic N) is 1. The zero-order valence-corrected chi connectivity index (χ0v) is 17.0. The van der Waals surface area contributed by atoms with Crippen molar-refractivity contribution >= 4 is 17.7 Å². The third-order valence-electron chi connectivity index (χ3n) is 5.10. The number of nitrogens with one attached hydrogen (secondary N) is 1. The molecule has 4 heteroatoms. The second kappa shape index (κ2) is 10.5. The summed E-state index contributed by atoms with van der Waals surface area (Å²) in [5.41, 5.74) is 1.06. The summed E-state index contributed by atoms with van der Waals surface area (Å²) in [5, 5.41) is 3.11. The summed E-state index contributed by atoms with van der Waals surface area (Å²) in [7, 11) is 0. The summed E-state index contributed by atoms with van der Waals surface area (Å²) in [6.45, 7) is 5.61. The molecule has 1 aliphatic heterocycles. The van der Waals surface area contributed by atoms with Crippen LogP contribution in [0.5, 0.6) is 0 Å². The molecule has 0 aliphatic carbocycles. The summed E-state index contributed by atoms with van der Waals surface area (Å²) < 4.78 is 0. The molecule has 2 aromatic carbocycles. The molecule has 3 rings (SSSR count). The highest BCUT2D eigenvalue weighted by Gasteiger charge is 2.26. The standard InChI is InChI=1S/C23H30N2OS/c1-2-3-16-25-17-14-20(15-18-25)24-23(26)22(19-10-6-4-7-11-19)27-21-12-8-5-9-13-21/h4-13,20,22H,2-3,14-18H2,1H3,(H,24,26). The lowest BCUT2D eigenvalue weighted by molar-refractivity contribution is -0.121. The second-order valence-corrected chi connectivity index (χ2v) is 8.38. The molecule has 1 N–H and O–H groups in total. The zero-order valence-electron chi connectivity index (χ0n) is 16.1. The van der Waals surface area contributed by atoms with Crippen molar-refractivity contribution in [3.8, 4) is 0 Å². The van der Waals surface area contributed by atoms with Gasteiger partial charge in [-0.2, -0.15) is 0 Å². The van der Waals surface area contributed by atoms with Gasteiger partial charge in [0.25, 0.3) is 0 Å². The molecule has 1 aliphatic rings. The lowest BCUT2D eigenvalue weighted by Crippen LogP contribution is -2.45. The second-order valence-electron chi connectivity index (χ2n) is 7.20. The molecule has 1 unspecified atom stereocenters. The van der Waals surface area contributed by atoms with E-state index in [1.54, 1.807) is 11.8 Å². The first-order valence-corrected chi connectivity index (χ1v) is 10.9. The molecule has 2 aromatic rings. The number of likely N-dealkylation sites (tertiary alicyclic amines) is 1. The van der Waals surface area contributed by atoms with Crippen LogP contribution in [0.25, 0.3) is 0 Å². The Hall–Kier alpha value is -1.78. The van der Waals surface area contributed by atoms with E-state index in [1.807, 2.05) is 48.5 Å². The Morgan fingerprint density at radius 1 is 1.07 bits per heavy atom. The fraction of sp³-hybridized carbons (Fsp3) is 0.435. The van der Waals surface area contributed by atoms with Crippen LogP contribution in [0.1, 0.15) is 43.4 Å². The molecule has 1 heterocycles. The van der Waals surface area contributed by atoms with Gasteiger partial charge >= 0.3 is 0 Å². The average Bonchev–Trinajstić information content (AvgIpc) is 2.73. The first kappa shape index (κ1) is 20.0. The summed E-state index contributed by atoms with van der Waals surface area (Å²) in [6, 6.07) is 20.6. The predicted octanol–water partition coefficient (Wildman–Crippen LogP) is 4.90. The lowest BCUT2D eigenvalue weighted by Gasteiger charge is -2.33. The van der Waals surface area contributed by atoms with Crippen LogP contribution in [0.3, 0.4) is 0 Å². The summed E-state index contributed by atoms with van der Waals surface area (Å²) in [4.78, 5) is 16.8. The molecule has 1 fully saturated rings. The monoisotopic (exact) mass is 382 g/mol. The summed E-state index contributed by atoms with van der Waals surface area (Å²) >= 11 is 1.63. The van der Waals surface area contributed by atoms with Crippen LogP contribution in [-0.2, 0) is 4.79 Å². The van der Waals surface area contributed by atoms with Gasteiger partial charge in [0.1, 0.15) is 5.25 Å². The Labute approximate surface area is 167 Å². The lowest BCUT2D eigenvalue weighted by atomic mass is 10.0. The predicted molar refractivity (Wildman–Crippen MR) is 114 cm³/mol. The Morgan fingerprint density at radius 2 is 1.70 bits per heavy atom. The molecule has 0 bridgehead atoms. The van der Waals surface area contributed by atoms with E-state index in [4.69, 9.17) is 0 Å². The Kier molecular flexibility index (Phi) is 7.79. The molecule has 1 saturated heterocycles. The minimum atomic E-state index is -0.216. The van der Waals surface area contributed by atoms with Gasteiger partial charge in [0, 0.05) is 24.0 Å². The van der Waals surface area contributed by atoms with Gasteiger partial charge in [0.2, 0.25) is 5.91 Å². The molecule has 1 amide bonds. The maximum atomic E-state index is 13.1. The fourth-order valence-electron chi connectivity index (χ4n) is 3.50. The first-order chi connectivity index (χ1) is 13.3. The van der Waals surface area contributed by atoms with E-state index < -0.39 is 0 Å². The highest BCUT2D eigenvalue weighted by molar-refractivity contribution is 8.00. The van der Waals surface area contributed by atoms with Crippen molar-refractivity contribution < 1.29 is 4.79 Å². The van der Waals surface area contributed by atoms with Crippen molar-refractivity contribution in [2.24, 2.45) is 0 Å². The Morgan fingerprint density at radius 3 is 2.33 bits per heavy atom. The normalized spacial score (nSPS) is 16.8. The van der Waals surface area contributed by atoms with Crippen molar-refractivity contribution in [2.75, 3.05) is 19.6 Å². The van der Waals surface area contributed by atoms with E-state index in [0.29, 0.717) is 0 Å². The number of amides is 1. The quantitative estimate of drug-likeness (QED) is 0.659. The van der Waals surface area contributed by atoms with Crippen LogP contribution in [0, 0.1) is 0 Å². The number of hydrogen-bond donors (Lipinski definition) is 1. The smallest absolute Gasteiger partial charge is 0.238 e. The van der Waals surface area contributed by atoms with Crippen molar-refractivity contribution in [3.05, 3.63) is 66.2 Å². The highest BCUT2D eigenvalue weighted by atomic mass is 32.2. The van der Waals surface area contributed by atoms with E-state index in [1.165, 1.54) is 19.4 Å². The number of hydrogen-bond acceptors (Lipinski definition) is 3. The van der Waals surface area contributed by atoms with Gasteiger partial charge in [-0.3, -0.25) is 4.79 Å². The molecular formula is C23H30N2OS. The van der Waals surface area contributed by atoms with Crippen LogP contribution in [0.15, 0.2) is 65.6 Å². The molecule has 0 aromatic heterocycles. The van der Waals surface area contributed by atoms with Crippen molar-refractivity contribution in [1.29, 1.82) is 0 Å². The van der Waals surface area contributed by atoms with Gasteiger partial charge in [0.05, 0.1) is 0 Å². The molecular weight excluding hydrogens is 352 g/mol. The third kappa shape index (κ3) is 6.12. The molecule has 3 nitrogen and oxygen atoms in total. The van der Waals surface area contributed by atoms with Crippen LogP contribution in [0.4, 0.5) is 0 Å². The number of unbranched alkanes of at least 4 members (excludes halogenated alkanes) is 1. The van der Waals surface area contributed by atoms with Crippen LogP contribution < -0.4 is 5.32 Å². The van der Waals surface area contributed by atoms with Gasteiger partial charge in [-0.25, -0.2) is 0 Å². The van der Waals surface area contributed by atoms with E-state index >= 15 is 0 Å².